The molecule has 7 nitrogen and oxygen atoms in total. The normalized spacial score (nSPS) is 20.2. The summed E-state index contributed by atoms with van der Waals surface area (Å²) < 4.78 is 2.05. The first-order valence-corrected chi connectivity index (χ1v) is 11.1. The number of anilines is 1. The highest BCUT2D eigenvalue weighted by Crippen LogP contribution is 2.30. The fraction of sp³-hybridized carbons (Fsp3) is 0.417. The molecule has 0 unspecified atom stereocenters. The van der Waals surface area contributed by atoms with Gasteiger partial charge in [-0.25, -0.2) is 0 Å². The molecule has 160 valence electrons. The third-order valence-corrected chi connectivity index (χ3v) is 6.68. The lowest BCUT2D eigenvalue weighted by Gasteiger charge is -2.38. The fourth-order valence-corrected chi connectivity index (χ4v) is 4.93. The van der Waals surface area contributed by atoms with Crippen molar-refractivity contribution in [2.75, 3.05) is 31.1 Å². The summed E-state index contributed by atoms with van der Waals surface area (Å²) in [4.78, 5) is 28.5. The molecule has 0 aliphatic carbocycles. The Bertz CT molecular complexity index is 1070. The van der Waals surface area contributed by atoms with Crippen molar-refractivity contribution in [3.05, 3.63) is 60.0 Å². The molecule has 3 aromatic rings. The van der Waals surface area contributed by atoms with Crippen molar-refractivity contribution in [1.82, 2.24) is 19.5 Å². The van der Waals surface area contributed by atoms with E-state index >= 15 is 0 Å². The van der Waals surface area contributed by atoms with Crippen LogP contribution in [0.4, 0.5) is 5.69 Å². The quantitative estimate of drug-likeness (QED) is 0.610. The Morgan fingerprint density at radius 1 is 0.968 bits per heavy atom. The second-order valence-electron chi connectivity index (χ2n) is 8.58. The van der Waals surface area contributed by atoms with Crippen LogP contribution in [0.3, 0.4) is 0 Å². The second-order valence-corrected chi connectivity index (χ2v) is 8.58. The highest BCUT2D eigenvalue weighted by molar-refractivity contribution is 5.79. The van der Waals surface area contributed by atoms with E-state index in [0.717, 1.165) is 75.3 Å². The monoisotopic (exact) mass is 417 g/mol. The van der Waals surface area contributed by atoms with E-state index < -0.39 is 0 Å². The van der Waals surface area contributed by atoms with Crippen LogP contribution in [0.2, 0.25) is 0 Å². The van der Waals surface area contributed by atoms with Gasteiger partial charge in [-0.15, -0.1) is 10.2 Å². The number of piperidine rings is 2. The van der Waals surface area contributed by atoms with Gasteiger partial charge < -0.3 is 9.80 Å². The SMILES string of the molecule is O=Cc1ccc(N2CCC(C(=O)N3CCC[C@H](c4nnc5ccccn45)C3)CC2)cc1. The number of carbonyl (C=O) groups excluding carboxylic acids is 2. The topological polar surface area (TPSA) is 70.8 Å². The minimum atomic E-state index is 0.0828. The average Bonchev–Trinajstić information content (AvgIpc) is 3.28. The third kappa shape index (κ3) is 3.92. The van der Waals surface area contributed by atoms with E-state index in [4.69, 9.17) is 0 Å². The minimum Gasteiger partial charge on any atom is -0.371 e. The predicted octanol–water partition coefficient (Wildman–Crippen LogP) is 3.16. The molecule has 2 aromatic heterocycles. The van der Waals surface area contributed by atoms with Crippen LogP contribution >= 0.6 is 0 Å². The fourth-order valence-electron chi connectivity index (χ4n) is 4.93. The maximum absolute atomic E-state index is 13.3. The molecule has 0 saturated carbocycles. The van der Waals surface area contributed by atoms with Crippen molar-refractivity contribution < 1.29 is 9.59 Å². The number of aromatic nitrogens is 3. The van der Waals surface area contributed by atoms with Crippen molar-refractivity contribution in [2.45, 2.75) is 31.6 Å². The first-order valence-electron chi connectivity index (χ1n) is 11.1. The largest absolute Gasteiger partial charge is 0.371 e. The Kier molecular flexibility index (Phi) is 5.40. The summed E-state index contributed by atoms with van der Waals surface area (Å²) in [6.07, 6.45) is 6.63. The zero-order chi connectivity index (χ0) is 21.2. The lowest BCUT2D eigenvalue weighted by atomic mass is 9.91. The lowest BCUT2D eigenvalue weighted by Crippen LogP contribution is -2.46. The Labute approximate surface area is 181 Å². The van der Waals surface area contributed by atoms with Gasteiger partial charge in [0.15, 0.2) is 5.65 Å². The molecule has 1 amide bonds. The van der Waals surface area contributed by atoms with Crippen LogP contribution in [0.5, 0.6) is 0 Å². The standard InChI is InChI=1S/C24H27N5O2/c30-17-18-6-8-21(9-7-18)27-14-10-19(11-15-27)24(31)28-12-3-4-20(16-28)23-26-25-22-5-1-2-13-29(22)23/h1-2,5-9,13,17,19-20H,3-4,10-12,14-16H2/t20-/m0/s1. The maximum Gasteiger partial charge on any atom is 0.225 e. The van der Waals surface area contributed by atoms with E-state index in [1.165, 1.54) is 0 Å². The van der Waals surface area contributed by atoms with Crippen molar-refractivity contribution in [3.8, 4) is 0 Å². The number of pyridine rings is 1. The number of amides is 1. The van der Waals surface area contributed by atoms with Crippen LogP contribution in [0.1, 0.15) is 47.8 Å². The number of rotatable bonds is 4. The molecule has 4 heterocycles. The van der Waals surface area contributed by atoms with E-state index in [0.29, 0.717) is 5.56 Å². The molecule has 2 fully saturated rings. The van der Waals surface area contributed by atoms with Crippen molar-refractivity contribution in [1.29, 1.82) is 0 Å². The summed E-state index contributed by atoms with van der Waals surface area (Å²) in [7, 11) is 0. The van der Waals surface area contributed by atoms with E-state index in [9.17, 15) is 9.59 Å². The molecule has 1 atom stereocenters. The van der Waals surface area contributed by atoms with Crippen molar-refractivity contribution in [2.24, 2.45) is 5.92 Å². The third-order valence-electron chi connectivity index (χ3n) is 6.68. The van der Waals surface area contributed by atoms with Gasteiger partial charge in [0, 0.05) is 55.5 Å². The highest BCUT2D eigenvalue weighted by atomic mass is 16.2. The molecule has 0 spiro atoms. The molecule has 0 N–H and O–H groups in total. The van der Waals surface area contributed by atoms with Gasteiger partial charge in [0.2, 0.25) is 5.91 Å². The van der Waals surface area contributed by atoms with Gasteiger partial charge in [0.1, 0.15) is 12.1 Å². The lowest BCUT2D eigenvalue weighted by molar-refractivity contribution is -0.137. The Hall–Kier alpha value is -3.22. The molecule has 2 aliphatic rings. The van der Waals surface area contributed by atoms with Crippen LogP contribution in [0.15, 0.2) is 48.7 Å². The van der Waals surface area contributed by atoms with Gasteiger partial charge in [-0.05, 0) is 62.1 Å². The molecule has 2 saturated heterocycles. The smallest absolute Gasteiger partial charge is 0.225 e. The summed E-state index contributed by atoms with van der Waals surface area (Å²) >= 11 is 0. The van der Waals surface area contributed by atoms with Gasteiger partial charge in [-0.3, -0.25) is 14.0 Å². The number of nitrogens with zero attached hydrogens (tertiary/aromatic N) is 5. The molecule has 1 aromatic carbocycles. The molecular formula is C24H27N5O2. The number of hydrogen-bond acceptors (Lipinski definition) is 5. The molecule has 0 radical (unpaired) electrons. The van der Waals surface area contributed by atoms with Crippen LogP contribution in [-0.4, -0.2) is 57.9 Å². The van der Waals surface area contributed by atoms with E-state index in [2.05, 4.69) is 20.0 Å². The minimum absolute atomic E-state index is 0.0828. The van der Waals surface area contributed by atoms with E-state index in [-0.39, 0.29) is 17.7 Å². The first-order chi connectivity index (χ1) is 15.2. The molecule has 31 heavy (non-hydrogen) atoms. The van der Waals surface area contributed by atoms with Crippen molar-refractivity contribution >= 4 is 23.5 Å². The van der Waals surface area contributed by atoms with Gasteiger partial charge in [0.25, 0.3) is 0 Å². The van der Waals surface area contributed by atoms with Crippen LogP contribution < -0.4 is 4.90 Å². The van der Waals surface area contributed by atoms with Crippen LogP contribution in [0, 0.1) is 5.92 Å². The zero-order valence-corrected chi connectivity index (χ0v) is 17.6. The molecule has 7 heteroatoms. The summed E-state index contributed by atoms with van der Waals surface area (Å²) in [6, 6.07) is 13.6. The summed E-state index contributed by atoms with van der Waals surface area (Å²) in [5.41, 5.74) is 2.66. The van der Waals surface area contributed by atoms with Gasteiger partial charge in [0.05, 0.1) is 0 Å². The number of benzene rings is 1. The number of likely N-dealkylation sites (tertiary alicyclic amines) is 1. The van der Waals surface area contributed by atoms with Gasteiger partial charge in [-0.2, -0.15) is 0 Å². The number of carbonyl (C=O) groups is 2. The summed E-state index contributed by atoms with van der Waals surface area (Å²) in [5, 5.41) is 8.71. The van der Waals surface area contributed by atoms with Crippen molar-refractivity contribution in [3.63, 3.8) is 0 Å². The van der Waals surface area contributed by atoms with E-state index in [1.807, 2.05) is 53.1 Å². The van der Waals surface area contributed by atoms with Crippen LogP contribution in [0.25, 0.3) is 5.65 Å². The Morgan fingerprint density at radius 3 is 2.55 bits per heavy atom. The molecule has 2 aliphatic heterocycles. The Balaban J connectivity index is 1.22. The summed E-state index contributed by atoms with van der Waals surface area (Å²) in [5.74, 6) is 1.56. The number of hydrogen-bond donors (Lipinski definition) is 0. The zero-order valence-electron chi connectivity index (χ0n) is 17.6. The van der Waals surface area contributed by atoms with Gasteiger partial charge >= 0.3 is 0 Å². The van der Waals surface area contributed by atoms with Gasteiger partial charge in [-0.1, -0.05) is 6.07 Å². The number of aldehydes is 1. The van der Waals surface area contributed by atoms with E-state index in [1.54, 1.807) is 0 Å². The average molecular weight is 418 g/mol. The first kappa shape index (κ1) is 19.7. The Morgan fingerprint density at radius 2 is 1.77 bits per heavy atom. The molecule has 0 bridgehead atoms. The summed E-state index contributed by atoms with van der Waals surface area (Å²) in [6.45, 7) is 3.28. The molecule has 5 rings (SSSR count). The molecular weight excluding hydrogens is 390 g/mol. The highest BCUT2D eigenvalue weighted by Gasteiger charge is 2.33. The number of fused-ring (bicyclic) bond motifs is 1. The second kappa shape index (κ2) is 8.49. The van der Waals surface area contributed by atoms with Crippen LogP contribution in [-0.2, 0) is 4.79 Å². The maximum atomic E-state index is 13.3. The predicted molar refractivity (Wildman–Crippen MR) is 118 cm³/mol.